The molecule has 1 saturated heterocycles. The Morgan fingerprint density at radius 2 is 2.00 bits per heavy atom. The average Bonchev–Trinajstić information content (AvgIpc) is 2.63. The van der Waals surface area contributed by atoms with Crippen LogP contribution in [0.5, 0.6) is 0 Å². The molecule has 0 radical (unpaired) electrons. The summed E-state index contributed by atoms with van der Waals surface area (Å²) in [5, 5.41) is 5.66. The van der Waals surface area contributed by atoms with Gasteiger partial charge in [0.2, 0.25) is 5.91 Å². The first-order chi connectivity index (χ1) is 12.1. The topological polar surface area (TPSA) is 74.3 Å². The molecule has 0 spiro atoms. The summed E-state index contributed by atoms with van der Waals surface area (Å²) < 4.78 is 0. The highest BCUT2D eigenvalue weighted by Crippen LogP contribution is 2.18. The first-order valence-electron chi connectivity index (χ1n) is 8.47. The van der Waals surface area contributed by atoms with Gasteiger partial charge >= 0.3 is 0 Å². The Balaban J connectivity index is 1.66. The molecule has 1 atom stereocenters. The van der Waals surface area contributed by atoms with Gasteiger partial charge in [-0.2, -0.15) is 0 Å². The van der Waals surface area contributed by atoms with Gasteiger partial charge in [-0.25, -0.2) is 4.98 Å². The summed E-state index contributed by atoms with van der Waals surface area (Å²) in [7, 11) is 1.97. The zero-order valence-corrected chi connectivity index (χ0v) is 14.2. The first kappa shape index (κ1) is 17.1. The summed E-state index contributed by atoms with van der Waals surface area (Å²) in [4.78, 5) is 31.0. The van der Waals surface area contributed by atoms with Gasteiger partial charge < -0.3 is 10.6 Å². The summed E-state index contributed by atoms with van der Waals surface area (Å²) in [5.74, 6) is 0.208. The van der Waals surface area contributed by atoms with Crippen LogP contribution in [0.1, 0.15) is 29.6 Å². The molecular weight excluding hydrogens is 316 g/mol. The van der Waals surface area contributed by atoms with Crippen LogP contribution in [0.4, 0.5) is 11.5 Å². The summed E-state index contributed by atoms with van der Waals surface area (Å²) in [5.41, 5.74) is 1.10. The molecule has 1 aliphatic heterocycles. The molecule has 1 fully saturated rings. The highest BCUT2D eigenvalue weighted by atomic mass is 16.2. The second-order valence-corrected chi connectivity index (χ2v) is 6.23. The van der Waals surface area contributed by atoms with E-state index in [4.69, 9.17) is 0 Å². The third-order valence-corrected chi connectivity index (χ3v) is 4.37. The van der Waals surface area contributed by atoms with Crippen molar-refractivity contribution < 1.29 is 9.59 Å². The Morgan fingerprint density at radius 3 is 2.76 bits per heavy atom. The maximum atomic E-state index is 12.5. The lowest BCUT2D eigenvalue weighted by Gasteiger charge is -2.31. The van der Waals surface area contributed by atoms with E-state index in [1.807, 2.05) is 7.05 Å². The van der Waals surface area contributed by atoms with Crippen molar-refractivity contribution in [2.24, 2.45) is 0 Å². The normalized spacial score (nSPS) is 17.7. The Labute approximate surface area is 147 Å². The van der Waals surface area contributed by atoms with E-state index in [0.29, 0.717) is 17.1 Å². The van der Waals surface area contributed by atoms with Crippen LogP contribution in [-0.2, 0) is 4.79 Å². The quantitative estimate of drug-likeness (QED) is 0.899. The molecule has 2 N–H and O–H groups in total. The zero-order valence-electron chi connectivity index (χ0n) is 14.2. The van der Waals surface area contributed by atoms with E-state index in [0.717, 1.165) is 25.8 Å². The van der Waals surface area contributed by atoms with Crippen molar-refractivity contribution in [3.8, 4) is 0 Å². The number of amides is 2. The number of benzene rings is 1. The second-order valence-electron chi connectivity index (χ2n) is 6.23. The van der Waals surface area contributed by atoms with Crippen LogP contribution in [0.25, 0.3) is 0 Å². The maximum Gasteiger partial charge on any atom is 0.256 e. The lowest BCUT2D eigenvalue weighted by molar-refractivity contribution is -0.121. The van der Waals surface area contributed by atoms with Crippen LogP contribution in [0, 0.1) is 0 Å². The largest absolute Gasteiger partial charge is 0.325 e. The Kier molecular flexibility index (Phi) is 5.40. The van der Waals surface area contributed by atoms with E-state index in [-0.39, 0.29) is 17.9 Å². The number of nitrogens with zero attached hydrogens (tertiary/aromatic N) is 2. The van der Waals surface area contributed by atoms with Crippen LogP contribution in [0.2, 0.25) is 0 Å². The van der Waals surface area contributed by atoms with Gasteiger partial charge in [-0.1, -0.05) is 18.6 Å². The molecule has 0 unspecified atom stereocenters. The predicted molar refractivity (Wildman–Crippen MR) is 97.5 cm³/mol. The van der Waals surface area contributed by atoms with E-state index in [9.17, 15) is 9.59 Å². The van der Waals surface area contributed by atoms with Gasteiger partial charge in [0, 0.05) is 17.4 Å². The molecule has 0 saturated carbocycles. The van der Waals surface area contributed by atoms with Crippen LogP contribution >= 0.6 is 0 Å². The summed E-state index contributed by atoms with van der Waals surface area (Å²) in [6.07, 6.45) is 4.67. The summed E-state index contributed by atoms with van der Waals surface area (Å²) >= 11 is 0. The van der Waals surface area contributed by atoms with Crippen molar-refractivity contribution in [3.05, 3.63) is 54.2 Å². The molecule has 6 nitrogen and oxygen atoms in total. The minimum atomic E-state index is -0.260. The summed E-state index contributed by atoms with van der Waals surface area (Å²) in [6.45, 7) is 0.935. The number of carbonyl (C=O) groups is 2. The molecule has 6 heteroatoms. The van der Waals surface area contributed by atoms with Crippen molar-refractivity contribution in [2.75, 3.05) is 24.2 Å². The molecule has 25 heavy (non-hydrogen) atoms. The predicted octanol–water partition coefficient (Wildman–Crippen LogP) is 2.76. The van der Waals surface area contributed by atoms with E-state index in [1.165, 1.54) is 0 Å². The fourth-order valence-electron chi connectivity index (χ4n) is 3.00. The van der Waals surface area contributed by atoms with Gasteiger partial charge in [-0.15, -0.1) is 0 Å². The fraction of sp³-hybridized carbons (Fsp3) is 0.316. The van der Waals surface area contributed by atoms with Crippen LogP contribution in [0.3, 0.4) is 0 Å². The number of anilines is 2. The minimum absolute atomic E-state index is 0.0236. The molecule has 130 valence electrons. The standard InChI is InChI=1S/C19H22N4O2/c1-23-12-5-3-9-16(23)19(25)21-15-8-6-7-14(13-15)18(24)22-17-10-2-4-11-20-17/h2,4,6-8,10-11,13,16H,3,5,9,12H2,1H3,(H,21,25)(H,20,22,24)/t16-/m0/s1. The zero-order chi connectivity index (χ0) is 17.6. The van der Waals surface area contributed by atoms with E-state index < -0.39 is 0 Å². The van der Waals surface area contributed by atoms with E-state index in [1.54, 1.807) is 48.7 Å². The molecule has 1 aromatic heterocycles. The number of likely N-dealkylation sites (N-methyl/N-ethyl adjacent to an activating group) is 1. The number of carbonyl (C=O) groups excluding carboxylic acids is 2. The number of pyridine rings is 1. The molecule has 2 amide bonds. The Morgan fingerprint density at radius 1 is 1.12 bits per heavy atom. The maximum absolute atomic E-state index is 12.5. The van der Waals surface area contributed by atoms with Crippen molar-refractivity contribution in [3.63, 3.8) is 0 Å². The highest BCUT2D eigenvalue weighted by molar-refractivity contribution is 6.05. The number of piperidine rings is 1. The molecule has 0 bridgehead atoms. The third-order valence-electron chi connectivity index (χ3n) is 4.37. The molecular formula is C19H22N4O2. The Bertz CT molecular complexity index is 748. The minimum Gasteiger partial charge on any atom is -0.325 e. The van der Waals surface area contributed by atoms with Crippen LogP contribution in [-0.4, -0.2) is 41.3 Å². The fourth-order valence-corrected chi connectivity index (χ4v) is 3.00. The SMILES string of the molecule is CN1CCCC[C@H]1C(=O)Nc1cccc(C(=O)Nc2ccccn2)c1. The van der Waals surface area contributed by atoms with Crippen molar-refractivity contribution in [1.29, 1.82) is 0 Å². The second kappa shape index (κ2) is 7.90. The van der Waals surface area contributed by atoms with E-state index >= 15 is 0 Å². The average molecular weight is 338 g/mol. The summed E-state index contributed by atoms with van der Waals surface area (Å²) in [6, 6.07) is 12.1. The number of likely N-dealkylation sites (tertiary alicyclic amines) is 1. The smallest absolute Gasteiger partial charge is 0.256 e. The first-order valence-corrected chi connectivity index (χ1v) is 8.47. The van der Waals surface area contributed by atoms with Gasteiger partial charge in [0.05, 0.1) is 6.04 Å². The monoisotopic (exact) mass is 338 g/mol. The Hall–Kier alpha value is -2.73. The molecule has 2 heterocycles. The number of hydrogen-bond donors (Lipinski definition) is 2. The van der Waals surface area contributed by atoms with Gasteiger partial charge in [0.15, 0.2) is 0 Å². The van der Waals surface area contributed by atoms with E-state index in [2.05, 4.69) is 20.5 Å². The highest BCUT2D eigenvalue weighted by Gasteiger charge is 2.25. The number of hydrogen-bond acceptors (Lipinski definition) is 4. The number of nitrogens with one attached hydrogen (secondary N) is 2. The molecule has 0 aliphatic carbocycles. The van der Waals surface area contributed by atoms with Gasteiger partial charge in [-0.05, 0) is 56.8 Å². The number of aromatic nitrogens is 1. The van der Waals surface area contributed by atoms with Crippen molar-refractivity contribution in [2.45, 2.75) is 25.3 Å². The third kappa shape index (κ3) is 4.42. The molecule has 1 aromatic carbocycles. The lowest BCUT2D eigenvalue weighted by Crippen LogP contribution is -2.44. The van der Waals surface area contributed by atoms with Crippen molar-refractivity contribution in [1.82, 2.24) is 9.88 Å². The van der Waals surface area contributed by atoms with Gasteiger partial charge in [0.25, 0.3) is 5.91 Å². The van der Waals surface area contributed by atoms with Crippen LogP contribution < -0.4 is 10.6 Å². The molecule has 1 aliphatic rings. The van der Waals surface area contributed by atoms with Gasteiger partial charge in [-0.3, -0.25) is 14.5 Å². The van der Waals surface area contributed by atoms with Crippen LogP contribution in [0.15, 0.2) is 48.7 Å². The molecule has 2 aromatic rings. The lowest BCUT2D eigenvalue weighted by atomic mass is 10.0. The number of rotatable bonds is 4. The van der Waals surface area contributed by atoms with Crippen molar-refractivity contribution >= 4 is 23.3 Å². The molecule has 3 rings (SSSR count). The van der Waals surface area contributed by atoms with Gasteiger partial charge in [0.1, 0.15) is 5.82 Å².